The third-order valence-corrected chi connectivity index (χ3v) is 3.41. The first-order valence-corrected chi connectivity index (χ1v) is 5.69. The van der Waals surface area contributed by atoms with Gasteiger partial charge in [-0.15, -0.1) is 11.6 Å². The number of carbonyl (C=O) groups excluding carboxylic acids is 1. The first-order valence-electron chi connectivity index (χ1n) is 4.88. The summed E-state index contributed by atoms with van der Waals surface area (Å²) < 4.78 is 0. The number of hydrogen-bond donors (Lipinski definition) is 1. The van der Waals surface area contributed by atoms with Gasteiger partial charge >= 0.3 is 0 Å². The second kappa shape index (κ2) is 4.03. The van der Waals surface area contributed by atoms with Gasteiger partial charge in [0.15, 0.2) is 0 Å². The zero-order valence-electron chi connectivity index (χ0n) is 8.31. The van der Waals surface area contributed by atoms with Crippen LogP contribution in [0.1, 0.15) is 29.8 Å². The molecule has 2 rings (SSSR count). The van der Waals surface area contributed by atoms with E-state index in [1.165, 1.54) is 0 Å². The SMILES string of the molecule is CCC(Cl)c1cc2c(cc1Cl)NC(=O)C2. The molecule has 1 aliphatic rings. The van der Waals surface area contributed by atoms with Crippen molar-refractivity contribution in [2.24, 2.45) is 0 Å². The average Bonchev–Trinajstić information content (AvgIpc) is 2.55. The monoisotopic (exact) mass is 243 g/mol. The molecule has 1 amide bonds. The number of rotatable bonds is 2. The minimum absolute atomic E-state index is 0.0147. The Morgan fingerprint density at radius 2 is 2.27 bits per heavy atom. The second-order valence-electron chi connectivity index (χ2n) is 3.63. The van der Waals surface area contributed by atoms with Gasteiger partial charge in [0.25, 0.3) is 0 Å². The number of fused-ring (bicyclic) bond motifs is 1. The predicted octanol–water partition coefficient (Wildman–Crippen LogP) is 3.52. The fourth-order valence-corrected chi connectivity index (χ4v) is 2.26. The highest BCUT2D eigenvalue weighted by atomic mass is 35.5. The van der Waals surface area contributed by atoms with Gasteiger partial charge in [0.05, 0.1) is 11.8 Å². The maximum atomic E-state index is 11.2. The molecule has 2 nitrogen and oxygen atoms in total. The summed E-state index contributed by atoms with van der Waals surface area (Å²) in [5.74, 6) is 0.0147. The molecule has 80 valence electrons. The van der Waals surface area contributed by atoms with Gasteiger partial charge in [-0.3, -0.25) is 4.79 Å². The summed E-state index contributed by atoms with van der Waals surface area (Å²) in [6.45, 7) is 2.00. The summed E-state index contributed by atoms with van der Waals surface area (Å²) in [7, 11) is 0. The van der Waals surface area contributed by atoms with Gasteiger partial charge in [-0.2, -0.15) is 0 Å². The van der Waals surface area contributed by atoms with Gasteiger partial charge in [0.1, 0.15) is 0 Å². The standard InChI is InChI=1S/C11H11Cl2NO/c1-2-8(12)7-3-6-4-11(15)14-10(6)5-9(7)13/h3,5,8H,2,4H2,1H3,(H,14,15). The first kappa shape index (κ1) is 10.8. The molecule has 1 atom stereocenters. The highest BCUT2D eigenvalue weighted by Crippen LogP contribution is 2.36. The summed E-state index contributed by atoms with van der Waals surface area (Å²) in [6, 6.07) is 3.71. The van der Waals surface area contributed by atoms with E-state index in [0.29, 0.717) is 11.4 Å². The molecule has 0 fully saturated rings. The fraction of sp³-hybridized carbons (Fsp3) is 0.364. The smallest absolute Gasteiger partial charge is 0.228 e. The van der Waals surface area contributed by atoms with Gasteiger partial charge in [0.2, 0.25) is 5.91 Å². The minimum atomic E-state index is -0.0847. The number of nitrogens with one attached hydrogen (secondary N) is 1. The van der Waals surface area contributed by atoms with E-state index in [4.69, 9.17) is 23.2 Å². The fourth-order valence-electron chi connectivity index (χ4n) is 1.73. The Morgan fingerprint density at radius 3 is 2.93 bits per heavy atom. The van der Waals surface area contributed by atoms with Crippen LogP contribution in [0.4, 0.5) is 5.69 Å². The van der Waals surface area contributed by atoms with Gasteiger partial charge in [-0.05, 0) is 23.6 Å². The van der Waals surface area contributed by atoms with Crippen molar-refractivity contribution in [1.29, 1.82) is 0 Å². The van der Waals surface area contributed by atoms with E-state index in [2.05, 4.69) is 5.32 Å². The largest absolute Gasteiger partial charge is 0.325 e. The van der Waals surface area contributed by atoms with Crippen molar-refractivity contribution in [2.45, 2.75) is 25.1 Å². The van der Waals surface area contributed by atoms with E-state index >= 15 is 0 Å². The van der Waals surface area contributed by atoms with E-state index in [9.17, 15) is 4.79 Å². The summed E-state index contributed by atoms with van der Waals surface area (Å²) in [5.41, 5.74) is 2.71. The Morgan fingerprint density at radius 1 is 1.53 bits per heavy atom. The number of halogens is 2. The number of hydrogen-bond acceptors (Lipinski definition) is 1. The lowest BCUT2D eigenvalue weighted by Gasteiger charge is -2.11. The molecule has 1 heterocycles. The normalized spacial score (nSPS) is 16.1. The van der Waals surface area contributed by atoms with Crippen molar-refractivity contribution < 1.29 is 4.79 Å². The molecule has 0 saturated carbocycles. The van der Waals surface area contributed by atoms with Crippen molar-refractivity contribution in [3.8, 4) is 0 Å². The lowest BCUT2D eigenvalue weighted by atomic mass is 10.0. The third-order valence-electron chi connectivity index (χ3n) is 2.54. The summed E-state index contributed by atoms with van der Waals surface area (Å²) in [5, 5.41) is 3.29. The van der Waals surface area contributed by atoms with Crippen molar-refractivity contribution >= 4 is 34.8 Å². The van der Waals surface area contributed by atoms with Crippen LogP contribution in [0.15, 0.2) is 12.1 Å². The number of carbonyl (C=O) groups is 1. The highest BCUT2D eigenvalue weighted by Gasteiger charge is 2.21. The van der Waals surface area contributed by atoms with Crippen LogP contribution >= 0.6 is 23.2 Å². The van der Waals surface area contributed by atoms with E-state index in [1.807, 2.05) is 13.0 Å². The van der Waals surface area contributed by atoms with Crippen LogP contribution in [-0.2, 0) is 11.2 Å². The Balaban J connectivity index is 2.44. The maximum absolute atomic E-state index is 11.2. The second-order valence-corrected chi connectivity index (χ2v) is 4.57. The molecule has 1 N–H and O–H groups in total. The van der Waals surface area contributed by atoms with E-state index in [1.54, 1.807) is 6.07 Å². The summed E-state index contributed by atoms with van der Waals surface area (Å²) >= 11 is 12.2. The van der Waals surface area contributed by atoms with Crippen molar-refractivity contribution in [2.75, 3.05) is 5.32 Å². The Labute approximate surface area is 98.6 Å². The van der Waals surface area contributed by atoms with E-state index < -0.39 is 0 Å². The molecule has 1 unspecified atom stereocenters. The van der Waals surface area contributed by atoms with Gasteiger partial charge in [-0.25, -0.2) is 0 Å². The Hall–Kier alpha value is -0.730. The molecule has 0 bridgehead atoms. The molecular formula is C11H11Cl2NO. The topological polar surface area (TPSA) is 29.1 Å². The van der Waals surface area contributed by atoms with Crippen LogP contribution in [0, 0.1) is 0 Å². The minimum Gasteiger partial charge on any atom is -0.325 e. The van der Waals surface area contributed by atoms with Gasteiger partial charge < -0.3 is 5.32 Å². The number of alkyl halides is 1. The molecule has 1 aliphatic heterocycles. The molecular weight excluding hydrogens is 233 g/mol. The molecule has 0 spiro atoms. The average molecular weight is 244 g/mol. The quantitative estimate of drug-likeness (QED) is 0.792. The zero-order valence-corrected chi connectivity index (χ0v) is 9.82. The van der Waals surface area contributed by atoms with E-state index in [-0.39, 0.29) is 11.3 Å². The number of amides is 1. The van der Waals surface area contributed by atoms with Crippen LogP contribution in [0.25, 0.3) is 0 Å². The molecule has 1 aromatic carbocycles. The Kier molecular flexibility index (Phi) is 2.89. The van der Waals surface area contributed by atoms with Gasteiger partial charge in [0, 0.05) is 10.7 Å². The maximum Gasteiger partial charge on any atom is 0.228 e. The van der Waals surface area contributed by atoms with Crippen LogP contribution in [0.5, 0.6) is 0 Å². The summed E-state index contributed by atoms with van der Waals surface area (Å²) in [4.78, 5) is 11.2. The lowest BCUT2D eigenvalue weighted by Crippen LogP contribution is -2.03. The van der Waals surface area contributed by atoms with Crippen LogP contribution in [0.2, 0.25) is 5.02 Å². The third kappa shape index (κ3) is 1.97. The molecule has 1 aromatic rings. The molecule has 0 radical (unpaired) electrons. The van der Waals surface area contributed by atoms with E-state index in [0.717, 1.165) is 23.2 Å². The predicted molar refractivity (Wildman–Crippen MR) is 62.7 cm³/mol. The van der Waals surface area contributed by atoms with Crippen molar-refractivity contribution in [1.82, 2.24) is 0 Å². The number of anilines is 1. The highest BCUT2D eigenvalue weighted by molar-refractivity contribution is 6.33. The molecule has 4 heteroatoms. The van der Waals surface area contributed by atoms with Crippen molar-refractivity contribution in [3.05, 3.63) is 28.3 Å². The zero-order chi connectivity index (χ0) is 11.0. The first-order chi connectivity index (χ1) is 7.11. The number of benzene rings is 1. The Bertz CT molecular complexity index is 417. The van der Waals surface area contributed by atoms with Gasteiger partial charge in [-0.1, -0.05) is 24.6 Å². The summed E-state index contributed by atoms with van der Waals surface area (Å²) in [6.07, 6.45) is 1.24. The molecule has 0 aromatic heterocycles. The molecule has 0 aliphatic carbocycles. The molecule has 15 heavy (non-hydrogen) atoms. The van der Waals surface area contributed by atoms with Crippen LogP contribution < -0.4 is 5.32 Å². The lowest BCUT2D eigenvalue weighted by molar-refractivity contribution is -0.115. The molecule has 0 saturated heterocycles. The van der Waals surface area contributed by atoms with Crippen LogP contribution in [-0.4, -0.2) is 5.91 Å². The van der Waals surface area contributed by atoms with Crippen LogP contribution in [0.3, 0.4) is 0 Å². The van der Waals surface area contributed by atoms with Crippen molar-refractivity contribution in [3.63, 3.8) is 0 Å².